The topological polar surface area (TPSA) is 102 Å². The molecule has 206 valence electrons. The third kappa shape index (κ3) is 6.66. The molecule has 1 aromatic carbocycles. The second kappa shape index (κ2) is 12.9. The SMILES string of the molecule is O=C(O)CCCc1ccccc1C[C@@H]1[C@H](c2nc(C(=O)NCCCCC3CCCCC3)co2)[C@H]2CC[C@@H]1O2. The summed E-state index contributed by atoms with van der Waals surface area (Å²) in [7, 11) is 0. The van der Waals surface area contributed by atoms with Gasteiger partial charge in [-0.3, -0.25) is 9.59 Å². The average molecular weight is 523 g/mol. The fourth-order valence-electron chi connectivity index (χ4n) is 6.93. The molecular weight excluding hydrogens is 480 g/mol. The molecule has 0 unspecified atom stereocenters. The van der Waals surface area contributed by atoms with Crippen molar-refractivity contribution in [3.63, 3.8) is 0 Å². The number of unbranched alkanes of at least 4 members (excludes halogenated alkanes) is 1. The number of oxazole rings is 1. The number of benzene rings is 1. The van der Waals surface area contributed by atoms with Gasteiger partial charge >= 0.3 is 5.97 Å². The molecule has 2 N–H and O–H groups in total. The van der Waals surface area contributed by atoms with Gasteiger partial charge < -0.3 is 19.6 Å². The number of hydrogen-bond donors (Lipinski definition) is 2. The van der Waals surface area contributed by atoms with Gasteiger partial charge in [-0.1, -0.05) is 69.2 Å². The van der Waals surface area contributed by atoms with E-state index in [1.54, 1.807) is 0 Å². The van der Waals surface area contributed by atoms with Gasteiger partial charge in [-0.05, 0) is 55.6 Å². The van der Waals surface area contributed by atoms with E-state index in [-0.39, 0.29) is 36.4 Å². The van der Waals surface area contributed by atoms with Crippen molar-refractivity contribution in [3.8, 4) is 0 Å². The van der Waals surface area contributed by atoms with E-state index in [1.807, 2.05) is 12.1 Å². The zero-order chi connectivity index (χ0) is 26.3. The third-order valence-electron chi connectivity index (χ3n) is 8.92. The predicted molar refractivity (Wildman–Crippen MR) is 144 cm³/mol. The van der Waals surface area contributed by atoms with Crippen LogP contribution in [0.1, 0.15) is 110 Å². The van der Waals surface area contributed by atoms with E-state index in [2.05, 4.69) is 22.4 Å². The van der Waals surface area contributed by atoms with Crippen LogP contribution in [0.25, 0.3) is 0 Å². The molecule has 7 nitrogen and oxygen atoms in total. The van der Waals surface area contributed by atoms with Crippen molar-refractivity contribution in [2.45, 2.75) is 108 Å². The number of carbonyl (C=O) groups is 2. The van der Waals surface area contributed by atoms with Crippen LogP contribution in [0.2, 0.25) is 0 Å². The lowest BCUT2D eigenvalue weighted by Gasteiger charge is -2.26. The lowest BCUT2D eigenvalue weighted by molar-refractivity contribution is -0.137. The molecule has 3 heterocycles. The second-order valence-corrected chi connectivity index (χ2v) is 11.5. The highest BCUT2D eigenvalue weighted by Gasteiger charge is 2.51. The van der Waals surface area contributed by atoms with E-state index in [9.17, 15) is 9.59 Å². The van der Waals surface area contributed by atoms with E-state index < -0.39 is 5.97 Å². The number of rotatable bonds is 13. The lowest BCUT2D eigenvalue weighted by atomic mass is 9.75. The van der Waals surface area contributed by atoms with Crippen LogP contribution >= 0.6 is 0 Å². The molecule has 2 aromatic rings. The Bertz CT molecular complexity index is 1080. The number of carboxylic acids is 1. The van der Waals surface area contributed by atoms with Gasteiger partial charge in [0.25, 0.3) is 5.91 Å². The van der Waals surface area contributed by atoms with Gasteiger partial charge in [0.15, 0.2) is 5.69 Å². The summed E-state index contributed by atoms with van der Waals surface area (Å²) in [6.07, 6.45) is 16.5. The van der Waals surface area contributed by atoms with Crippen LogP contribution in [0.15, 0.2) is 34.9 Å². The molecule has 2 aliphatic heterocycles. The quantitative estimate of drug-likeness (QED) is 0.310. The van der Waals surface area contributed by atoms with E-state index in [4.69, 9.17) is 14.3 Å². The van der Waals surface area contributed by atoms with Gasteiger partial charge in [0.05, 0.1) is 18.1 Å². The summed E-state index contributed by atoms with van der Waals surface area (Å²) in [6, 6.07) is 8.30. The minimum Gasteiger partial charge on any atom is -0.481 e. The number of aromatic nitrogens is 1. The van der Waals surface area contributed by atoms with E-state index in [1.165, 1.54) is 55.9 Å². The molecular formula is C31H42N2O5. The standard InChI is InChI=1S/C31H42N2O5/c34-28(35)15-8-14-22-12-4-5-13-23(22)19-24-26-16-17-27(38-26)29(24)31-33-25(20-37-31)30(36)32-18-7-6-11-21-9-2-1-3-10-21/h4-5,12-13,20-21,24,26-27,29H,1-3,6-11,14-19H2,(H,32,36)(H,34,35)/t24-,26-,27+,29-/m0/s1. The zero-order valence-corrected chi connectivity index (χ0v) is 22.4. The van der Waals surface area contributed by atoms with Gasteiger partial charge in [0.2, 0.25) is 5.89 Å². The number of nitrogens with zero attached hydrogens (tertiary/aromatic N) is 1. The van der Waals surface area contributed by atoms with Gasteiger partial charge in [0.1, 0.15) is 6.26 Å². The minimum absolute atomic E-state index is 0.0258. The van der Waals surface area contributed by atoms with Crippen LogP contribution in [0.5, 0.6) is 0 Å². The molecule has 2 bridgehead atoms. The summed E-state index contributed by atoms with van der Waals surface area (Å²) in [5.74, 6) is 0.815. The number of fused-ring (bicyclic) bond motifs is 2. The highest BCUT2D eigenvalue weighted by molar-refractivity contribution is 5.91. The molecule has 7 heteroatoms. The van der Waals surface area contributed by atoms with Crippen molar-refractivity contribution in [2.75, 3.05) is 6.54 Å². The summed E-state index contributed by atoms with van der Waals surface area (Å²) >= 11 is 0. The Morgan fingerprint density at radius 1 is 0.974 bits per heavy atom. The van der Waals surface area contributed by atoms with Crippen LogP contribution in [0.4, 0.5) is 0 Å². The zero-order valence-electron chi connectivity index (χ0n) is 22.4. The smallest absolute Gasteiger partial charge is 0.303 e. The number of carboxylic acid groups (broad SMARTS) is 1. The molecule has 0 spiro atoms. The Kier molecular flexibility index (Phi) is 9.15. The number of hydrogen-bond acceptors (Lipinski definition) is 5. The van der Waals surface area contributed by atoms with E-state index in [0.717, 1.165) is 44.4 Å². The molecule has 3 fully saturated rings. The number of carbonyl (C=O) groups excluding carboxylic acids is 1. The Morgan fingerprint density at radius 2 is 1.76 bits per heavy atom. The van der Waals surface area contributed by atoms with Gasteiger partial charge in [-0.25, -0.2) is 4.98 Å². The fraction of sp³-hybridized carbons (Fsp3) is 0.645. The maximum atomic E-state index is 12.8. The Hall–Kier alpha value is -2.67. The normalized spacial score (nSPS) is 25.1. The van der Waals surface area contributed by atoms with Gasteiger partial charge in [-0.2, -0.15) is 0 Å². The van der Waals surface area contributed by atoms with Crippen LogP contribution in [-0.2, 0) is 22.4 Å². The van der Waals surface area contributed by atoms with Crippen molar-refractivity contribution in [2.24, 2.45) is 11.8 Å². The summed E-state index contributed by atoms with van der Waals surface area (Å²) in [5.41, 5.74) is 2.79. The molecule has 38 heavy (non-hydrogen) atoms. The summed E-state index contributed by atoms with van der Waals surface area (Å²) in [5, 5.41) is 12.0. The first-order valence-electron chi connectivity index (χ1n) is 14.8. The first-order valence-corrected chi connectivity index (χ1v) is 14.8. The monoisotopic (exact) mass is 522 g/mol. The highest BCUT2D eigenvalue weighted by Crippen LogP contribution is 2.50. The molecule has 5 rings (SSSR count). The number of aliphatic carboxylic acids is 1. The van der Waals surface area contributed by atoms with Crippen molar-refractivity contribution in [1.82, 2.24) is 10.3 Å². The molecule has 4 atom stereocenters. The minimum atomic E-state index is -0.757. The van der Waals surface area contributed by atoms with Crippen molar-refractivity contribution < 1.29 is 23.8 Å². The summed E-state index contributed by atoms with van der Waals surface area (Å²) in [4.78, 5) is 28.4. The van der Waals surface area contributed by atoms with Crippen LogP contribution in [-0.4, -0.2) is 40.7 Å². The van der Waals surface area contributed by atoms with Gasteiger partial charge in [0, 0.05) is 18.9 Å². The maximum Gasteiger partial charge on any atom is 0.303 e. The van der Waals surface area contributed by atoms with Crippen LogP contribution < -0.4 is 5.32 Å². The molecule has 3 aliphatic rings. The van der Waals surface area contributed by atoms with Crippen molar-refractivity contribution in [3.05, 3.63) is 53.2 Å². The second-order valence-electron chi connectivity index (χ2n) is 11.5. The molecule has 1 saturated carbocycles. The van der Waals surface area contributed by atoms with E-state index >= 15 is 0 Å². The molecule has 0 radical (unpaired) electrons. The van der Waals surface area contributed by atoms with Crippen molar-refractivity contribution in [1.29, 1.82) is 0 Å². The van der Waals surface area contributed by atoms with Crippen molar-refractivity contribution >= 4 is 11.9 Å². The Labute approximate surface area is 225 Å². The maximum absolute atomic E-state index is 12.8. The summed E-state index contributed by atoms with van der Waals surface area (Å²) in [6.45, 7) is 0.673. The lowest BCUT2D eigenvalue weighted by Crippen LogP contribution is -2.28. The number of nitrogens with one attached hydrogen (secondary N) is 1. The number of aryl methyl sites for hydroxylation is 1. The van der Waals surface area contributed by atoms with Gasteiger partial charge in [-0.15, -0.1) is 0 Å². The summed E-state index contributed by atoms with van der Waals surface area (Å²) < 4.78 is 12.2. The molecule has 1 aliphatic carbocycles. The fourth-order valence-corrected chi connectivity index (χ4v) is 6.93. The largest absolute Gasteiger partial charge is 0.481 e. The highest BCUT2D eigenvalue weighted by atomic mass is 16.5. The molecule has 1 amide bonds. The number of ether oxygens (including phenoxy) is 1. The predicted octanol–water partition coefficient (Wildman–Crippen LogP) is 6.07. The first kappa shape index (κ1) is 26.9. The van der Waals surface area contributed by atoms with Crippen LogP contribution in [0.3, 0.4) is 0 Å². The Balaban J connectivity index is 1.16. The van der Waals surface area contributed by atoms with E-state index in [0.29, 0.717) is 24.6 Å². The van der Waals surface area contributed by atoms with Crippen LogP contribution in [0, 0.1) is 11.8 Å². The average Bonchev–Trinajstić information content (AvgIpc) is 3.67. The number of amides is 1. The first-order chi connectivity index (χ1) is 18.6. The molecule has 2 saturated heterocycles. The third-order valence-corrected chi connectivity index (χ3v) is 8.92. The molecule has 1 aromatic heterocycles. The Morgan fingerprint density at radius 3 is 2.58 bits per heavy atom.